The Morgan fingerprint density at radius 1 is 1.17 bits per heavy atom. The van der Waals surface area contributed by atoms with Crippen molar-refractivity contribution in [3.8, 4) is 0 Å². The van der Waals surface area contributed by atoms with Gasteiger partial charge in [-0.3, -0.25) is 4.68 Å². The number of aromatic nitrogens is 2. The third-order valence-electron chi connectivity index (χ3n) is 3.11. The van der Waals surface area contributed by atoms with E-state index in [1.807, 2.05) is 23.1 Å². The average molecular weight is 243 g/mol. The van der Waals surface area contributed by atoms with E-state index in [4.69, 9.17) is 0 Å². The van der Waals surface area contributed by atoms with Crippen molar-refractivity contribution in [1.82, 2.24) is 15.1 Å². The third kappa shape index (κ3) is 3.70. The lowest BCUT2D eigenvalue weighted by Gasteiger charge is -2.09. The van der Waals surface area contributed by atoms with Gasteiger partial charge >= 0.3 is 0 Å². The number of hydrogen-bond acceptors (Lipinski definition) is 2. The van der Waals surface area contributed by atoms with Gasteiger partial charge in [-0.1, -0.05) is 31.2 Å². The molecule has 18 heavy (non-hydrogen) atoms. The van der Waals surface area contributed by atoms with Gasteiger partial charge in [0.15, 0.2) is 0 Å². The van der Waals surface area contributed by atoms with Crippen molar-refractivity contribution in [2.45, 2.75) is 32.9 Å². The molecule has 0 aliphatic carbocycles. The van der Waals surface area contributed by atoms with Gasteiger partial charge in [0.25, 0.3) is 0 Å². The summed E-state index contributed by atoms with van der Waals surface area (Å²) in [6, 6.07) is 10.6. The topological polar surface area (TPSA) is 29.9 Å². The van der Waals surface area contributed by atoms with Crippen LogP contribution in [0.5, 0.6) is 0 Å². The van der Waals surface area contributed by atoms with Crippen molar-refractivity contribution >= 4 is 0 Å². The van der Waals surface area contributed by atoms with Gasteiger partial charge in [0.05, 0.1) is 0 Å². The maximum Gasteiger partial charge on any atom is 0.0489 e. The first-order valence-electron chi connectivity index (χ1n) is 6.65. The Hall–Kier alpha value is -1.61. The highest BCUT2D eigenvalue weighted by Gasteiger charge is 1.98. The Kier molecular flexibility index (Phi) is 4.97. The molecule has 0 atom stereocenters. The molecule has 0 unspecified atom stereocenters. The first-order valence-corrected chi connectivity index (χ1v) is 6.65. The van der Waals surface area contributed by atoms with Gasteiger partial charge in [-0.15, -0.1) is 0 Å². The summed E-state index contributed by atoms with van der Waals surface area (Å²) in [5, 5.41) is 7.69. The molecule has 0 aliphatic heterocycles. The maximum absolute atomic E-state index is 4.19. The monoisotopic (exact) mass is 243 g/mol. The lowest BCUT2D eigenvalue weighted by molar-refractivity contribution is 0.542. The van der Waals surface area contributed by atoms with Crippen LogP contribution in [0, 0.1) is 0 Å². The highest BCUT2D eigenvalue weighted by Crippen LogP contribution is 2.08. The van der Waals surface area contributed by atoms with E-state index in [2.05, 4.69) is 41.6 Å². The molecule has 0 saturated carbocycles. The van der Waals surface area contributed by atoms with Crippen LogP contribution in [-0.2, 0) is 19.5 Å². The van der Waals surface area contributed by atoms with Crippen molar-refractivity contribution < 1.29 is 0 Å². The molecule has 0 aliphatic rings. The van der Waals surface area contributed by atoms with E-state index < -0.39 is 0 Å². The van der Waals surface area contributed by atoms with Crippen LogP contribution in [0.1, 0.15) is 24.5 Å². The van der Waals surface area contributed by atoms with Crippen molar-refractivity contribution in [2.75, 3.05) is 6.54 Å². The molecule has 3 nitrogen and oxygen atoms in total. The summed E-state index contributed by atoms with van der Waals surface area (Å²) in [7, 11) is 0. The summed E-state index contributed by atoms with van der Waals surface area (Å²) in [6.07, 6.45) is 6.04. The van der Waals surface area contributed by atoms with Crippen molar-refractivity contribution in [1.29, 1.82) is 0 Å². The molecule has 0 spiro atoms. The summed E-state index contributed by atoms with van der Waals surface area (Å²) in [6.45, 7) is 5.17. The van der Waals surface area contributed by atoms with Gasteiger partial charge in [-0.05, 0) is 36.6 Å². The first kappa shape index (κ1) is 12.8. The molecule has 2 aromatic rings. The highest BCUT2D eigenvalue weighted by atomic mass is 15.3. The first-order chi connectivity index (χ1) is 8.90. The largest absolute Gasteiger partial charge is 0.313 e. The summed E-state index contributed by atoms with van der Waals surface area (Å²) in [5.74, 6) is 0. The fourth-order valence-corrected chi connectivity index (χ4v) is 2.10. The van der Waals surface area contributed by atoms with Gasteiger partial charge in [0.2, 0.25) is 0 Å². The molecule has 0 saturated heterocycles. The second-order valence-electron chi connectivity index (χ2n) is 4.42. The highest BCUT2D eigenvalue weighted by molar-refractivity contribution is 5.26. The van der Waals surface area contributed by atoms with Crippen LogP contribution in [-0.4, -0.2) is 16.3 Å². The van der Waals surface area contributed by atoms with Gasteiger partial charge in [0.1, 0.15) is 0 Å². The molecule has 3 heteroatoms. The molecule has 0 amide bonds. The number of hydrogen-bond donors (Lipinski definition) is 1. The van der Waals surface area contributed by atoms with Crippen LogP contribution >= 0.6 is 0 Å². The standard InChI is InChI=1S/C15H21N3/c1-2-14-7-3-4-8-15(14)13-16-9-5-11-18-12-6-10-17-18/h3-4,6-8,10,12,16H,2,5,9,11,13H2,1H3. The second-order valence-corrected chi connectivity index (χ2v) is 4.42. The lowest BCUT2D eigenvalue weighted by Crippen LogP contribution is -2.17. The predicted molar refractivity (Wildman–Crippen MR) is 74.4 cm³/mol. The van der Waals surface area contributed by atoms with E-state index in [0.29, 0.717) is 0 Å². The molecular weight excluding hydrogens is 222 g/mol. The van der Waals surface area contributed by atoms with Crippen molar-refractivity contribution in [2.24, 2.45) is 0 Å². The molecule has 0 radical (unpaired) electrons. The second kappa shape index (κ2) is 6.97. The minimum absolute atomic E-state index is 0.961. The van der Waals surface area contributed by atoms with E-state index >= 15 is 0 Å². The SMILES string of the molecule is CCc1ccccc1CNCCCn1cccn1. The quantitative estimate of drug-likeness (QED) is 0.758. The van der Waals surface area contributed by atoms with E-state index in [0.717, 1.165) is 32.5 Å². The minimum atomic E-state index is 0.961. The number of rotatable bonds is 7. The summed E-state index contributed by atoms with van der Waals surface area (Å²) >= 11 is 0. The summed E-state index contributed by atoms with van der Waals surface area (Å²) < 4.78 is 1.97. The van der Waals surface area contributed by atoms with E-state index in [1.165, 1.54) is 11.1 Å². The van der Waals surface area contributed by atoms with Crippen LogP contribution in [0.4, 0.5) is 0 Å². The van der Waals surface area contributed by atoms with Gasteiger partial charge in [-0.2, -0.15) is 5.10 Å². The van der Waals surface area contributed by atoms with E-state index in [9.17, 15) is 0 Å². The Morgan fingerprint density at radius 3 is 2.72 bits per heavy atom. The van der Waals surface area contributed by atoms with Crippen molar-refractivity contribution in [3.63, 3.8) is 0 Å². The molecule has 0 bridgehead atoms. The zero-order valence-corrected chi connectivity index (χ0v) is 11.0. The number of nitrogens with zero attached hydrogens (tertiary/aromatic N) is 2. The van der Waals surface area contributed by atoms with Crippen LogP contribution in [0.25, 0.3) is 0 Å². The van der Waals surface area contributed by atoms with E-state index in [-0.39, 0.29) is 0 Å². The van der Waals surface area contributed by atoms with Gasteiger partial charge in [-0.25, -0.2) is 0 Å². The van der Waals surface area contributed by atoms with Crippen LogP contribution < -0.4 is 5.32 Å². The Labute approximate surface area is 109 Å². The lowest BCUT2D eigenvalue weighted by atomic mass is 10.1. The predicted octanol–water partition coefficient (Wildman–Crippen LogP) is 2.63. The molecule has 1 heterocycles. The van der Waals surface area contributed by atoms with Crippen LogP contribution in [0.15, 0.2) is 42.7 Å². The average Bonchev–Trinajstić information content (AvgIpc) is 2.92. The number of benzene rings is 1. The third-order valence-corrected chi connectivity index (χ3v) is 3.11. The molecular formula is C15H21N3. The molecule has 96 valence electrons. The smallest absolute Gasteiger partial charge is 0.0489 e. The Balaban J connectivity index is 1.69. The fourth-order valence-electron chi connectivity index (χ4n) is 2.10. The summed E-state index contributed by atoms with van der Waals surface area (Å²) in [4.78, 5) is 0. The number of aryl methyl sites for hydroxylation is 2. The van der Waals surface area contributed by atoms with E-state index in [1.54, 1.807) is 0 Å². The molecule has 1 N–H and O–H groups in total. The Morgan fingerprint density at radius 2 is 2.00 bits per heavy atom. The molecule has 1 aromatic heterocycles. The van der Waals surface area contributed by atoms with Crippen molar-refractivity contribution in [3.05, 3.63) is 53.9 Å². The molecule has 0 fully saturated rings. The summed E-state index contributed by atoms with van der Waals surface area (Å²) in [5.41, 5.74) is 2.86. The molecule has 1 aromatic carbocycles. The Bertz CT molecular complexity index is 449. The zero-order valence-electron chi connectivity index (χ0n) is 11.0. The molecule has 2 rings (SSSR count). The maximum atomic E-state index is 4.19. The van der Waals surface area contributed by atoms with Gasteiger partial charge in [0, 0.05) is 25.5 Å². The normalized spacial score (nSPS) is 10.7. The number of nitrogens with one attached hydrogen (secondary N) is 1. The van der Waals surface area contributed by atoms with Crippen LogP contribution in [0.2, 0.25) is 0 Å². The fraction of sp³-hybridized carbons (Fsp3) is 0.400. The minimum Gasteiger partial charge on any atom is -0.313 e. The zero-order chi connectivity index (χ0) is 12.6. The van der Waals surface area contributed by atoms with Crippen LogP contribution in [0.3, 0.4) is 0 Å². The van der Waals surface area contributed by atoms with Gasteiger partial charge < -0.3 is 5.32 Å².